The Labute approximate surface area is 83.3 Å². The highest BCUT2D eigenvalue weighted by molar-refractivity contribution is 6.34. The zero-order valence-corrected chi connectivity index (χ0v) is 7.84. The van der Waals surface area contributed by atoms with Crippen LogP contribution < -0.4 is 0 Å². The molecule has 5 heteroatoms. The van der Waals surface area contributed by atoms with Gasteiger partial charge in [0, 0.05) is 10.0 Å². The molecule has 0 saturated carbocycles. The van der Waals surface area contributed by atoms with Gasteiger partial charge in [0.1, 0.15) is 0 Å². The second-order valence-corrected chi connectivity index (χ2v) is 3.44. The minimum atomic E-state index is -4.23. The molecule has 0 aromatic heterocycles. The van der Waals surface area contributed by atoms with Gasteiger partial charge >= 0.3 is 6.18 Å². The summed E-state index contributed by atoms with van der Waals surface area (Å²) in [6.45, 7) is 0. The van der Waals surface area contributed by atoms with Crippen molar-refractivity contribution in [1.29, 1.82) is 0 Å². The molecule has 0 saturated heterocycles. The van der Waals surface area contributed by atoms with Gasteiger partial charge in [-0.25, -0.2) is 0 Å². The van der Waals surface area contributed by atoms with Crippen LogP contribution in [-0.2, 0) is 6.42 Å². The standard InChI is InChI=1S/C8H5Cl2F3/c9-6-1-5(2-7(10)3-6)4-8(11,12)13/h1-3H,4H2. The van der Waals surface area contributed by atoms with E-state index in [4.69, 9.17) is 23.2 Å². The van der Waals surface area contributed by atoms with Gasteiger partial charge in [0.05, 0.1) is 6.42 Å². The first-order chi connectivity index (χ1) is 5.87. The van der Waals surface area contributed by atoms with Crippen molar-refractivity contribution < 1.29 is 13.2 Å². The number of rotatable bonds is 1. The summed E-state index contributed by atoms with van der Waals surface area (Å²) in [5.41, 5.74) is 0.0741. The molecule has 0 aliphatic heterocycles. The molecule has 0 aliphatic rings. The molecule has 0 fully saturated rings. The minimum Gasteiger partial charge on any atom is -0.171 e. The van der Waals surface area contributed by atoms with E-state index in [0.717, 1.165) is 0 Å². The molecule has 0 radical (unpaired) electrons. The molecule has 0 heterocycles. The van der Waals surface area contributed by atoms with E-state index in [9.17, 15) is 13.2 Å². The SMILES string of the molecule is FC(F)(F)Cc1cc(Cl)cc(Cl)c1. The average molecular weight is 229 g/mol. The minimum absolute atomic E-state index is 0.0741. The van der Waals surface area contributed by atoms with Crippen molar-refractivity contribution in [3.63, 3.8) is 0 Å². The van der Waals surface area contributed by atoms with Gasteiger partial charge in [-0.2, -0.15) is 13.2 Å². The van der Waals surface area contributed by atoms with E-state index < -0.39 is 12.6 Å². The van der Waals surface area contributed by atoms with E-state index in [1.165, 1.54) is 18.2 Å². The van der Waals surface area contributed by atoms with Crippen molar-refractivity contribution in [2.45, 2.75) is 12.6 Å². The lowest BCUT2D eigenvalue weighted by Gasteiger charge is -2.06. The Balaban J connectivity index is 2.90. The molecular weight excluding hydrogens is 224 g/mol. The summed E-state index contributed by atoms with van der Waals surface area (Å²) in [6, 6.07) is 3.89. The second-order valence-electron chi connectivity index (χ2n) is 2.57. The summed E-state index contributed by atoms with van der Waals surface area (Å²) in [4.78, 5) is 0. The molecule has 13 heavy (non-hydrogen) atoms. The normalized spacial score (nSPS) is 11.8. The maximum absolute atomic E-state index is 11.9. The monoisotopic (exact) mass is 228 g/mol. The van der Waals surface area contributed by atoms with Crippen LogP contribution in [0.3, 0.4) is 0 Å². The Bertz CT molecular complexity index is 286. The summed E-state index contributed by atoms with van der Waals surface area (Å²) >= 11 is 11.1. The highest BCUT2D eigenvalue weighted by Gasteiger charge is 2.27. The molecule has 0 atom stereocenters. The lowest BCUT2D eigenvalue weighted by molar-refractivity contribution is -0.127. The van der Waals surface area contributed by atoms with Gasteiger partial charge in [0.25, 0.3) is 0 Å². The molecule has 1 aromatic carbocycles. The predicted octanol–water partition coefficient (Wildman–Crippen LogP) is 4.10. The lowest BCUT2D eigenvalue weighted by atomic mass is 10.1. The van der Waals surface area contributed by atoms with Crippen LogP contribution in [0.5, 0.6) is 0 Å². The van der Waals surface area contributed by atoms with E-state index in [1.54, 1.807) is 0 Å². The smallest absolute Gasteiger partial charge is 0.171 e. The van der Waals surface area contributed by atoms with Crippen molar-refractivity contribution in [2.24, 2.45) is 0 Å². The van der Waals surface area contributed by atoms with E-state index >= 15 is 0 Å². The number of hydrogen-bond donors (Lipinski definition) is 0. The fraction of sp³-hybridized carbons (Fsp3) is 0.250. The van der Waals surface area contributed by atoms with Gasteiger partial charge in [-0.1, -0.05) is 23.2 Å². The number of benzene rings is 1. The van der Waals surface area contributed by atoms with Gasteiger partial charge < -0.3 is 0 Å². The zero-order chi connectivity index (χ0) is 10.1. The first kappa shape index (κ1) is 10.7. The first-order valence-electron chi connectivity index (χ1n) is 3.38. The van der Waals surface area contributed by atoms with Crippen LogP contribution in [0, 0.1) is 0 Å². The number of alkyl halides is 3. The molecule has 1 rings (SSSR count). The zero-order valence-electron chi connectivity index (χ0n) is 6.33. The van der Waals surface area contributed by atoms with Gasteiger partial charge in [0.15, 0.2) is 0 Å². The summed E-state index contributed by atoms with van der Waals surface area (Å²) < 4.78 is 35.8. The summed E-state index contributed by atoms with van der Waals surface area (Å²) in [5, 5.41) is 0.429. The first-order valence-corrected chi connectivity index (χ1v) is 4.14. The fourth-order valence-corrected chi connectivity index (χ4v) is 1.52. The van der Waals surface area contributed by atoms with Crippen LogP contribution in [0.25, 0.3) is 0 Å². The molecule has 0 bridgehead atoms. The summed E-state index contributed by atoms with van der Waals surface area (Å²) in [7, 11) is 0. The van der Waals surface area contributed by atoms with Crippen LogP contribution in [0.4, 0.5) is 13.2 Å². The molecule has 1 aromatic rings. The third-order valence-electron chi connectivity index (χ3n) is 1.33. The molecule has 0 nitrogen and oxygen atoms in total. The van der Waals surface area contributed by atoms with Crippen LogP contribution in [-0.4, -0.2) is 6.18 Å². The van der Waals surface area contributed by atoms with Crippen molar-refractivity contribution in [3.05, 3.63) is 33.8 Å². The molecule has 72 valence electrons. The lowest BCUT2D eigenvalue weighted by Crippen LogP contribution is -2.11. The Hall–Kier alpha value is -0.410. The summed E-state index contributed by atoms with van der Waals surface area (Å²) in [6.07, 6.45) is -5.23. The van der Waals surface area contributed by atoms with Gasteiger partial charge in [-0.15, -0.1) is 0 Å². The van der Waals surface area contributed by atoms with Gasteiger partial charge in [-0.05, 0) is 23.8 Å². The number of hydrogen-bond acceptors (Lipinski definition) is 0. The molecule has 0 unspecified atom stereocenters. The van der Waals surface area contributed by atoms with Crippen molar-refractivity contribution in [1.82, 2.24) is 0 Å². The van der Waals surface area contributed by atoms with Crippen LogP contribution in [0.1, 0.15) is 5.56 Å². The molecule has 0 N–H and O–H groups in total. The van der Waals surface area contributed by atoms with Crippen molar-refractivity contribution in [2.75, 3.05) is 0 Å². The largest absolute Gasteiger partial charge is 0.393 e. The van der Waals surface area contributed by atoms with Crippen LogP contribution >= 0.6 is 23.2 Å². The number of halogens is 5. The Kier molecular flexibility index (Phi) is 3.09. The van der Waals surface area contributed by atoms with E-state index in [0.29, 0.717) is 0 Å². The van der Waals surface area contributed by atoms with E-state index in [1.807, 2.05) is 0 Å². The fourth-order valence-electron chi connectivity index (χ4n) is 0.944. The Morgan fingerprint density at radius 3 is 1.85 bits per heavy atom. The van der Waals surface area contributed by atoms with Crippen LogP contribution in [0.15, 0.2) is 18.2 Å². The third-order valence-corrected chi connectivity index (χ3v) is 1.76. The van der Waals surface area contributed by atoms with E-state index in [2.05, 4.69) is 0 Å². The highest BCUT2D eigenvalue weighted by atomic mass is 35.5. The molecule has 0 spiro atoms. The third kappa shape index (κ3) is 3.87. The maximum atomic E-state index is 11.9. The predicted molar refractivity (Wildman–Crippen MR) is 46.2 cm³/mol. The molecular formula is C8H5Cl2F3. The Morgan fingerprint density at radius 2 is 1.46 bits per heavy atom. The second kappa shape index (κ2) is 3.76. The maximum Gasteiger partial charge on any atom is 0.393 e. The van der Waals surface area contributed by atoms with E-state index in [-0.39, 0.29) is 15.6 Å². The van der Waals surface area contributed by atoms with Gasteiger partial charge in [-0.3, -0.25) is 0 Å². The Morgan fingerprint density at radius 1 is 1.00 bits per heavy atom. The van der Waals surface area contributed by atoms with Crippen LogP contribution in [0.2, 0.25) is 10.0 Å². The highest BCUT2D eigenvalue weighted by Crippen LogP contribution is 2.25. The molecule has 0 aliphatic carbocycles. The summed E-state index contributed by atoms with van der Waals surface area (Å²) in [5.74, 6) is 0. The molecule has 0 amide bonds. The topological polar surface area (TPSA) is 0 Å². The van der Waals surface area contributed by atoms with Crippen molar-refractivity contribution >= 4 is 23.2 Å². The quantitative estimate of drug-likeness (QED) is 0.679. The average Bonchev–Trinajstić information content (AvgIpc) is 1.78. The van der Waals surface area contributed by atoms with Crippen molar-refractivity contribution in [3.8, 4) is 0 Å². The van der Waals surface area contributed by atoms with Gasteiger partial charge in [0.2, 0.25) is 0 Å².